The summed E-state index contributed by atoms with van der Waals surface area (Å²) < 4.78 is 6.24. The maximum atomic E-state index is 14.2. The monoisotopic (exact) mass is 698 g/mol. The van der Waals surface area contributed by atoms with Gasteiger partial charge in [0.05, 0.1) is 0 Å². The van der Waals surface area contributed by atoms with Gasteiger partial charge in [0.2, 0.25) is 0 Å². The molecule has 2 aliphatic heterocycles. The molecule has 0 spiro atoms. The molecular formula is C34H30N6O5S3. The van der Waals surface area contributed by atoms with Gasteiger partial charge in [0.15, 0.2) is 16.9 Å². The first-order valence-electron chi connectivity index (χ1n) is 14.7. The van der Waals surface area contributed by atoms with E-state index in [9.17, 15) is 14.4 Å². The molecule has 4 heterocycles. The summed E-state index contributed by atoms with van der Waals surface area (Å²) in [7, 11) is 1.31. The Balaban J connectivity index is 1.27. The summed E-state index contributed by atoms with van der Waals surface area (Å²) in [6.07, 6.45) is 4.70. The molecule has 2 atom stereocenters. The molecule has 2 aromatic heterocycles. The van der Waals surface area contributed by atoms with E-state index in [1.807, 2.05) is 84.3 Å². The number of β-lactam (4-membered cyclic amide) rings is 1. The molecule has 0 aliphatic carbocycles. The van der Waals surface area contributed by atoms with Gasteiger partial charge < -0.3 is 20.6 Å². The normalized spacial score (nSPS) is 17.7. The van der Waals surface area contributed by atoms with Crippen LogP contribution in [0.2, 0.25) is 0 Å². The van der Waals surface area contributed by atoms with Crippen LogP contribution in [0.25, 0.3) is 6.08 Å². The number of amides is 2. The lowest BCUT2D eigenvalue weighted by atomic mass is 10.0. The molecule has 2 aliphatic rings. The van der Waals surface area contributed by atoms with Crippen molar-refractivity contribution in [1.82, 2.24) is 20.2 Å². The maximum absolute atomic E-state index is 14.2. The number of nitrogens with two attached hydrogens (primary N) is 1. The Labute approximate surface area is 289 Å². The third-order valence-corrected chi connectivity index (χ3v) is 10.3. The SMILES string of the molecule is CON=C(C(=O)NC1C(=O)N2C(C(=O)OC(c3ccccc3)c3ccccc3)=C(CS/C=C\c3cccnc3)CS[C@@H]12)c1csc(N)n1. The van der Waals surface area contributed by atoms with Crippen molar-refractivity contribution in [2.24, 2.45) is 5.16 Å². The number of ether oxygens (including phenoxy) is 1. The molecule has 48 heavy (non-hydrogen) atoms. The summed E-state index contributed by atoms with van der Waals surface area (Å²) in [6, 6.07) is 21.8. The average Bonchev–Trinajstić information content (AvgIpc) is 3.56. The number of benzene rings is 2. The number of nitrogens with zero attached hydrogens (tertiary/aromatic N) is 4. The lowest BCUT2D eigenvalue weighted by molar-refractivity contribution is -0.154. The summed E-state index contributed by atoms with van der Waals surface area (Å²) in [5, 5.41) is 9.81. The van der Waals surface area contributed by atoms with Crippen LogP contribution < -0.4 is 11.1 Å². The van der Waals surface area contributed by atoms with Crippen LogP contribution in [0.3, 0.4) is 0 Å². The number of nitrogen functional groups attached to an aromatic ring is 1. The van der Waals surface area contributed by atoms with Crippen LogP contribution in [0.1, 0.15) is 28.5 Å². The number of oxime groups is 1. The first-order chi connectivity index (χ1) is 23.4. The van der Waals surface area contributed by atoms with Gasteiger partial charge in [0, 0.05) is 29.3 Å². The molecule has 14 heteroatoms. The van der Waals surface area contributed by atoms with E-state index in [0.717, 1.165) is 33.6 Å². The van der Waals surface area contributed by atoms with E-state index in [4.69, 9.17) is 15.3 Å². The van der Waals surface area contributed by atoms with E-state index in [-0.39, 0.29) is 22.2 Å². The van der Waals surface area contributed by atoms with Gasteiger partial charge in [-0.25, -0.2) is 9.78 Å². The fourth-order valence-corrected chi connectivity index (χ4v) is 7.99. The topological polar surface area (TPSA) is 149 Å². The number of hydrogen-bond donors (Lipinski definition) is 2. The van der Waals surface area contributed by atoms with Crippen LogP contribution in [0, 0.1) is 0 Å². The Morgan fingerprint density at radius 3 is 2.48 bits per heavy atom. The second-order valence-electron chi connectivity index (χ2n) is 10.5. The molecule has 2 amide bonds. The summed E-state index contributed by atoms with van der Waals surface area (Å²) in [5.41, 5.74) is 9.34. The molecule has 1 unspecified atom stereocenters. The molecule has 0 radical (unpaired) electrons. The number of hydrogen-bond acceptors (Lipinski definition) is 12. The number of thiazole rings is 1. The second kappa shape index (κ2) is 15.3. The molecule has 4 aromatic rings. The van der Waals surface area contributed by atoms with Crippen LogP contribution in [-0.4, -0.2) is 68.4 Å². The lowest BCUT2D eigenvalue weighted by Gasteiger charge is -2.49. The van der Waals surface area contributed by atoms with Crippen LogP contribution >= 0.6 is 34.9 Å². The van der Waals surface area contributed by atoms with Crippen molar-refractivity contribution in [1.29, 1.82) is 0 Å². The average molecular weight is 699 g/mol. The van der Waals surface area contributed by atoms with E-state index >= 15 is 0 Å². The lowest BCUT2D eigenvalue weighted by Crippen LogP contribution is -2.71. The van der Waals surface area contributed by atoms with E-state index in [0.29, 0.717) is 11.5 Å². The van der Waals surface area contributed by atoms with Crippen molar-refractivity contribution < 1.29 is 24.0 Å². The Morgan fingerprint density at radius 1 is 1.12 bits per heavy atom. The number of anilines is 1. The standard InChI is InChI=1S/C34H30N6O5S3/c1-44-39-26(25-20-48-34(35)37-25)30(41)38-27-31(42)40-28(24(19-47-32(27)40)18-46-16-14-21-9-8-15-36-17-21)33(43)45-29(22-10-4-2-5-11-22)23-12-6-3-7-13-23/h2-17,20,27,29,32H,18-19H2,1H3,(H2,35,37)(H,38,41)/b16-14-,39-26?/t27?,32-/m0/s1. The van der Waals surface area contributed by atoms with Gasteiger partial charge in [-0.15, -0.1) is 34.9 Å². The van der Waals surface area contributed by atoms with Gasteiger partial charge in [-0.2, -0.15) is 0 Å². The van der Waals surface area contributed by atoms with Crippen molar-refractivity contribution in [3.05, 3.63) is 130 Å². The molecule has 1 fully saturated rings. The molecule has 0 saturated carbocycles. The van der Waals surface area contributed by atoms with Gasteiger partial charge >= 0.3 is 5.97 Å². The Kier molecular flexibility index (Phi) is 10.5. The number of pyridine rings is 1. The number of thioether (sulfide) groups is 2. The first kappa shape index (κ1) is 33.0. The molecule has 244 valence electrons. The van der Waals surface area contributed by atoms with E-state index in [1.54, 1.807) is 17.8 Å². The fourth-order valence-electron chi connectivity index (χ4n) is 5.18. The number of rotatable bonds is 12. The third-order valence-electron chi connectivity index (χ3n) is 7.42. The van der Waals surface area contributed by atoms with Crippen molar-refractivity contribution in [3.8, 4) is 0 Å². The fraction of sp³-hybridized carbons (Fsp3) is 0.176. The Morgan fingerprint density at radius 2 is 1.85 bits per heavy atom. The number of nitrogens with one attached hydrogen (secondary N) is 1. The number of carbonyl (C=O) groups excluding carboxylic acids is 3. The molecule has 0 bridgehead atoms. The maximum Gasteiger partial charge on any atom is 0.356 e. The smallest absolute Gasteiger partial charge is 0.356 e. The number of aromatic nitrogens is 2. The zero-order valence-electron chi connectivity index (χ0n) is 25.6. The molecule has 11 nitrogen and oxygen atoms in total. The minimum absolute atomic E-state index is 0.112. The van der Waals surface area contributed by atoms with Crippen molar-refractivity contribution in [2.45, 2.75) is 17.5 Å². The van der Waals surface area contributed by atoms with Crippen molar-refractivity contribution in [3.63, 3.8) is 0 Å². The van der Waals surface area contributed by atoms with E-state index < -0.39 is 35.3 Å². The Bertz CT molecular complexity index is 1830. The highest BCUT2D eigenvalue weighted by atomic mass is 32.2. The van der Waals surface area contributed by atoms with Gasteiger partial charge in [-0.1, -0.05) is 71.9 Å². The summed E-state index contributed by atoms with van der Waals surface area (Å²) in [5.74, 6) is -0.820. The number of esters is 1. The quantitative estimate of drug-likeness (QED) is 0.0909. The Hall–Kier alpha value is -4.92. The van der Waals surface area contributed by atoms with E-state index in [2.05, 4.69) is 20.4 Å². The summed E-state index contributed by atoms with van der Waals surface area (Å²) >= 11 is 4.10. The number of fused-ring (bicyclic) bond motifs is 1. The van der Waals surface area contributed by atoms with Crippen LogP contribution in [0.15, 0.2) is 112 Å². The van der Waals surface area contributed by atoms with Crippen LogP contribution in [0.4, 0.5) is 5.13 Å². The molecule has 1 saturated heterocycles. The number of carbonyl (C=O) groups is 3. The molecule has 3 N–H and O–H groups in total. The van der Waals surface area contributed by atoms with Gasteiger partial charge in [0.1, 0.15) is 29.9 Å². The molecule has 6 rings (SSSR count). The minimum Gasteiger partial charge on any atom is -0.448 e. The van der Waals surface area contributed by atoms with Gasteiger partial charge in [-0.05, 0) is 39.8 Å². The minimum atomic E-state index is -0.915. The summed E-state index contributed by atoms with van der Waals surface area (Å²) in [4.78, 5) is 55.8. The highest BCUT2D eigenvalue weighted by Crippen LogP contribution is 2.42. The van der Waals surface area contributed by atoms with Crippen LogP contribution in [-0.2, 0) is 24.0 Å². The summed E-state index contributed by atoms with van der Waals surface area (Å²) in [6.45, 7) is 0. The van der Waals surface area contributed by atoms with Gasteiger partial charge in [0.25, 0.3) is 11.8 Å². The predicted octanol–water partition coefficient (Wildman–Crippen LogP) is 4.86. The van der Waals surface area contributed by atoms with E-state index in [1.165, 1.54) is 35.5 Å². The molecule has 2 aromatic carbocycles. The van der Waals surface area contributed by atoms with Gasteiger partial charge in [-0.3, -0.25) is 19.5 Å². The highest BCUT2D eigenvalue weighted by Gasteiger charge is 2.55. The van der Waals surface area contributed by atoms with Crippen molar-refractivity contribution >= 4 is 69.6 Å². The first-order valence-corrected chi connectivity index (χ1v) is 17.7. The highest BCUT2D eigenvalue weighted by molar-refractivity contribution is 8.02. The zero-order chi connectivity index (χ0) is 33.5. The third kappa shape index (κ3) is 7.30. The van der Waals surface area contributed by atoms with Crippen molar-refractivity contribution in [2.75, 3.05) is 24.3 Å². The zero-order valence-corrected chi connectivity index (χ0v) is 28.0. The molecular weight excluding hydrogens is 669 g/mol. The van der Waals surface area contributed by atoms with Crippen LogP contribution in [0.5, 0.6) is 0 Å². The predicted molar refractivity (Wildman–Crippen MR) is 189 cm³/mol. The second-order valence-corrected chi connectivity index (χ2v) is 13.4. The largest absolute Gasteiger partial charge is 0.448 e.